The summed E-state index contributed by atoms with van der Waals surface area (Å²) in [4.78, 5) is 0. The zero-order valence-corrected chi connectivity index (χ0v) is 14.0. The van der Waals surface area contributed by atoms with E-state index >= 15 is 0 Å². The molecule has 2 saturated carbocycles. The minimum absolute atomic E-state index is 0.765. The van der Waals surface area contributed by atoms with Crippen molar-refractivity contribution in [2.45, 2.75) is 77.0 Å². The minimum atomic E-state index is 0.765. The SMILES string of the molecule is CCNC(CSC1CCCC1)C1CC(C)CC(C)C1. The van der Waals surface area contributed by atoms with E-state index in [4.69, 9.17) is 0 Å². The van der Waals surface area contributed by atoms with Gasteiger partial charge in [-0.05, 0) is 56.4 Å². The van der Waals surface area contributed by atoms with Gasteiger partial charge in [0, 0.05) is 17.0 Å². The minimum Gasteiger partial charge on any atom is -0.313 e. The van der Waals surface area contributed by atoms with Crippen molar-refractivity contribution in [1.29, 1.82) is 0 Å². The molecule has 2 aliphatic carbocycles. The van der Waals surface area contributed by atoms with E-state index in [1.54, 1.807) is 0 Å². The predicted octanol–water partition coefficient (Wildman–Crippen LogP) is 4.71. The van der Waals surface area contributed by atoms with Crippen molar-refractivity contribution in [2.24, 2.45) is 17.8 Å². The molecule has 2 rings (SSSR count). The van der Waals surface area contributed by atoms with Gasteiger partial charge in [0.25, 0.3) is 0 Å². The fraction of sp³-hybridized carbons (Fsp3) is 1.00. The Morgan fingerprint density at radius 1 is 1.05 bits per heavy atom. The van der Waals surface area contributed by atoms with Gasteiger partial charge in [0.2, 0.25) is 0 Å². The average Bonchev–Trinajstić information content (AvgIpc) is 2.86. The number of nitrogens with one attached hydrogen (secondary N) is 1. The standard InChI is InChI=1S/C17H33NS/c1-4-18-17(12-19-16-7-5-6-8-16)15-10-13(2)9-14(3)11-15/h13-18H,4-12H2,1-3H3. The molecule has 112 valence electrons. The van der Waals surface area contributed by atoms with Crippen LogP contribution in [0.15, 0.2) is 0 Å². The van der Waals surface area contributed by atoms with Crippen molar-refractivity contribution < 1.29 is 0 Å². The first-order chi connectivity index (χ1) is 9.19. The summed E-state index contributed by atoms with van der Waals surface area (Å²) in [5.74, 6) is 4.15. The highest BCUT2D eigenvalue weighted by Gasteiger charge is 2.30. The molecule has 1 nitrogen and oxygen atoms in total. The molecular weight excluding hydrogens is 250 g/mol. The summed E-state index contributed by atoms with van der Waals surface area (Å²) in [7, 11) is 0. The molecule has 0 bridgehead atoms. The first-order valence-electron chi connectivity index (χ1n) is 8.54. The molecule has 1 N–H and O–H groups in total. The Morgan fingerprint density at radius 3 is 2.26 bits per heavy atom. The van der Waals surface area contributed by atoms with Crippen molar-refractivity contribution >= 4 is 11.8 Å². The van der Waals surface area contributed by atoms with E-state index in [1.807, 2.05) is 0 Å². The second-order valence-corrected chi connectivity index (χ2v) is 8.41. The van der Waals surface area contributed by atoms with Crippen LogP contribution >= 0.6 is 11.8 Å². The third-order valence-corrected chi connectivity index (χ3v) is 6.56. The van der Waals surface area contributed by atoms with Crippen molar-refractivity contribution in [3.05, 3.63) is 0 Å². The molecule has 0 spiro atoms. The molecule has 19 heavy (non-hydrogen) atoms. The molecular formula is C17H33NS. The molecule has 0 aromatic carbocycles. The first-order valence-corrected chi connectivity index (χ1v) is 9.58. The summed E-state index contributed by atoms with van der Waals surface area (Å²) >= 11 is 2.27. The Kier molecular flexibility index (Phi) is 6.55. The lowest BCUT2D eigenvalue weighted by Crippen LogP contribution is -2.41. The summed E-state index contributed by atoms with van der Waals surface area (Å²) < 4.78 is 0. The maximum Gasteiger partial charge on any atom is 0.0186 e. The highest BCUT2D eigenvalue weighted by Crippen LogP contribution is 2.37. The zero-order valence-electron chi connectivity index (χ0n) is 13.2. The highest BCUT2D eigenvalue weighted by molar-refractivity contribution is 7.99. The van der Waals surface area contributed by atoms with Crippen LogP contribution in [0.25, 0.3) is 0 Å². The van der Waals surface area contributed by atoms with Gasteiger partial charge in [-0.3, -0.25) is 0 Å². The van der Waals surface area contributed by atoms with Crippen LogP contribution in [0.1, 0.15) is 65.7 Å². The summed E-state index contributed by atoms with van der Waals surface area (Å²) in [5, 5.41) is 4.77. The Hall–Kier alpha value is 0.310. The van der Waals surface area contributed by atoms with Crippen molar-refractivity contribution in [2.75, 3.05) is 12.3 Å². The van der Waals surface area contributed by atoms with E-state index in [1.165, 1.54) is 50.7 Å². The van der Waals surface area contributed by atoms with Crippen LogP contribution in [0, 0.1) is 17.8 Å². The van der Waals surface area contributed by atoms with Gasteiger partial charge in [-0.1, -0.05) is 33.6 Å². The number of hydrogen-bond donors (Lipinski definition) is 1. The predicted molar refractivity (Wildman–Crippen MR) is 87.8 cm³/mol. The van der Waals surface area contributed by atoms with E-state index in [2.05, 4.69) is 37.8 Å². The van der Waals surface area contributed by atoms with Gasteiger partial charge >= 0.3 is 0 Å². The summed E-state index contributed by atoms with van der Waals surface area (Å²) in [6.45, 7) is 8.31. The molecule has 0 aromatic heterocycles. The van der Waals surface area contributed by atoms with Crippen LogP contribution in [0.4, 0.5) is 0 Å². The normalized spacial score (nSPS) is 34.6. The van der Waals surface area contributed by atoms with Gasteiger partial charge in [0.1, 0.15) is 0 Å². The van der Waals surface area contributed by atoms with Gasteiger partial charge in [0.15, 0.2) is 0 Å². The van der Waals surface area contributed by atoms with Gasteiger partial charge < -0.3 is 5.32 Å². The third kappa shape index (κ3) is 4.97. The average molecular weight is 284 g/mol. The van der Waals surface area contributed by atoms with Crippen LogP contribution in [0.2, 0.25) is 0 Å². The van der Waals surface area contributed by atoms with Gasteiger partial charge in [-0.15, -0.1) is 0 Å². The maximum absolute atomic E-state index is 3.80. The van der Waals surface area contributed by atoms with Crippen molar-refractivity contribution in [3.8, 4) is 0 Å². The molecule has 0 heterocycles. The summed E-state index contributed by atoms with van der Waals surface area (Å²) in [6.07, 6.45) is 10.2. The number of hydrogen-bond acceptors (Lipinski definition) is 2. The number of thioether (sulfide) groups is 1. The maximum atomic E-state index is 3.80. The molecule has 2 fully saturated rings. The highest BCUT2D eigenvalue weighted by atomic mass is 32.2. The number of rotatable bonds is 6. The van der Waals surface area contributed by atoms with Crippen LogP contribution in [-0.4, -0.2) is 23.6 Å². The van der Waals surface area contributed by atoms with E-state index in [-0.39, 0.29) is 0 Å². The van der Waals surface area contributed by atoms with Gasteiger partial charge in [-0.25, -0.2) is 0 Å². The van der Waals surface area contributed by atoms with E-state index < -0.39 is 0 Å². The molecule has 2 heteroatoms. The van der Waals surface area contributed by atoms with Crippen LogP contribution in [0.5, 0.6) is 0 Å². The summed E-state index contributed by atoms with van der Waals surface area (Å²) in [6, 6.07) is 0.765. The first kappa shape index (κ1) is 15.7. The van der Waals surface area contributed by atoms with Crippen LogP contribution < -0.4 is 5.32 Å². The fourth-order valence-corrected chi connectivity index (χ4v) is 5.79. The van der Waals surface area contributed by atoms with E-state index in [0.717, 1.165) is 35.6 Å². The molecule has 0 saturated heterocycles. The van der Waals surface area contributed by atoms with Gasteiger partial charge in [0.05, 0.1) is 0 Å². The molecule has 0 aliphatic heterocycles. The molecule has 0 aromatic rings. The topological polar surface area (TPSA) is 12.0 Å². The summed E-state index contributed by atoms with van der Waals surface area (Å²) in [5.41, 5.74) is 0. The fourth-order valence-electron chi connectivity index (χ4n) is 4.26. The zero-order chi connectivity index (χ0) is 13.7. The molecule has 3 unspecified atom stereocenters. The smallest absolute Gasteiger partial charge is 0.0186 e. The molecule has 0 amide bonds. The molecule has 2 aliphatic rings. The Balaban J connectivity index is 1.82. The lowest BCUT2D eigenvalue weighted by atomic mass is 9.74. The molecule has 0 radical (unpaired) electrons. The van der Waals surface area contributed by atoms with Gasteiger partial charge in [-0.2, -0.15) is 11.8 Å². The second kappa shape index (κ2) is 7.93. The second-order valence-electron chi connectivity index (χ2n) is 7.08. The Bertz CT molecular complexity index is 240. The van der Waals surface area contributed by atoms with Crippen molar-refractivity contribution in [1.82, 2.24) is 5.32 Å². The monoisotopic (exact) mass is 283 g/mol. The van der Waals surface area contributed by atoms with E-state index in [0.29, 0.717) is 0 Å². The quantitative estimate of drug-likeness (QED) is 0.757. The molecule has 3 atom stereocenters. The van der Waals surface area contributed by atoms with Crippen LogP contribution in [-0.2, 0) is 0 Å². The Morgan fingerprint density at radius 2 is 1.68 bits per heavy atom. The lowest BCUT2D eigenvalue weighted by Gasteiger charge is -2.37. The van der Waals surface area contributed by atoms with Crippen molar-refractivity contribution in [3.63, 3.8) is 0 Å². The third-order valence-electron chi connectivity index (χ3n) is 5.06. The lowest BCUT2D eigenvalue weighted by molar-refractivity contribution is 0.185. The Labute approximate surface area is 124 Å². The van der Waals surface area contributed by atoms with Crippen LogP contribution in [0.3, 0.4) is 0 Å². The largest absolute Gasteiger partial charge is 0.313 e. The van der Waals surface area contributed by atoms with E-state index in [9.17, 15) is 0 Å².